The molecule has 0 atom stereocenters. The van der Waals surface area contributed by atoms with Crippen LogP contribution in [-0.2, 0) is 19.1 Å². The predicted octanol–water partition coefficient (Wildman–Crippen LogP) is 6.43. The second-order valence-electron chi connectivity index (χ2n) is 11.4. The first-order valence-corrected chi connectivity index (χ1v) is 14.8. The number of carbonyl (C=O) groups is 3. The largest absolute Gasteiger partial charge is 0.481 e. The molecule has 0 radical (unpaired) electrons. The van der Waals surface area contributed by atoms with E-state index in [2.05, 4.69) is 66.4 Å². The Labute approximate surface area is 243 Å². The van der Waals surface area contributed by atoms with Gasteiger partial charge in [-0.05, 0) is 70.6 Å². The summed E-state index contributed by atoms with van der Waals surface area (Å²) in [6.07, 6.45) is 3.45. The van der Waals surface area contributed by atoms with E-state index in [-0.39, 0.29) is 53.6 Å². The van der Waals surface area contributed by atoms with Crippen molar-refractivity contribution in [3.8, 4) is 16.2 Å². The Morgan fingerprint density at radius 2 is 1.82 bits per heavy atom. The zero-order valence-corrected chi connectivity index (χ0v) is 26.0. The summed E-state index contributed by atoms with van der Waals surface area (Å²) in [6, 6.07) is 8.44. The van der Waals surface area contributed by atoms with Gasteiger partial charge in [0, 0.05) is 18.3 Å². The van der Waals surface area contributed by atoms with Crippen LogP contribution in [0.4, 0.5) is 5.69 Å². The van der Waals surface area contributed by atoms with E-state index >= 15 is 0 Å². The van der Waals surface area contributed by atoms with E-state index in [9.17, 15) is 14.4 Å². The Morgan fingerprint density at radius 1 is 1.13 bits per heavy atom. The summed E-state index contributed by atoms with van der Waals surface area (Å²) in [5, 5.41) is 6.35. The maximum Gasteiger partial charge on any atom is 0.351 e. The molecule has 8 nitrogen and oxygen atoms in total. The van der Waals surface area contributed by atoms with Crippen molar-refractivity contribution in [1.82, 2.24) is 5.32 Å². The molecule has 1 fully saturated rings. The SMILES string of the molecule is CCOC(=O)CCNC(=O)COc1c(C(=O)OC)sc(-c2cccc(NC3CC(C)(C)CC(C)(C)C3)c2)c1Br. The standard InChI is InChI=1S/C29H39BrN2O6S/c1-7-37-22(34)11-12-31-21(33)16-38-24-23(30)25(39-26(24)27(35)36-6)18-9-8-10-19(13-18)32-20-14-28(2,3)17-29(4,5)15-20/h8-10,13,20,32H,7,11-12,14-17H2,1-6H3,(H,31,33). The van der Waals surface area contributed by atoms with E-state index < -0.39 is 11.9 Å². The molecule has 1 aromatic carbocycles. The number of methoxy groups -OCH3 is 1. The minimum atomic E-state index is -0.550. The number of hydrogen-bond acceptors (Lipinski definition) is 8. The number of halogens is 1. The van der Waals surface area contributed by atoms with Crippen molar-refractivity contribution >= 4 is 50.8 Å². The third kappa shape index (κ3) is 8.70. The molecule has 214 valence electrons. The highest BCUT2D eigenvalue weighted by Crippen LogP contribution is 2.48. The smallest absolute Gasteiger partial charge is 0.351 e. The first-order valence-electron chi connectivity index (χ1n) is 13.2. The third-order valence-electron chi connectivity index (χ3n) is 6.53. The molecule has 0 unspecified atom stereocenters. The zero-order chi connectivity index (χ0) is 28.8. The number of nitrogens with one attached hydrogen (secondary N) is 2. The van der Waals surface area contributed by atoms with Gasteiger partial charge in [0.2, 0.25) is 0 Å². The minimum Gasteiger partial charge on any atom is -0.481 e. The van der Waals surface area contributed by atoms with Crippen LogP contribution in [0.5, 0.6) is 5.75 Å². The van der Waals surface area contributed by atoms with E-state index in [1.54, 1.807) is 6.92 Å². The lowest BCUT2D eigenvalue weighted by molar-refractivity contribution is -0.143. The Balaban J connectivity index is 1.76. The molecule has 1 aliphatic rings. The molecule has 10 heteroatoms. The number of anilines is 1. The highest BCUT2D eigenvalue weighted by molar-refractivity contribution is 9.10. The molecule has 0 aliphatic heterocycles. The van der Waals surface area contributed by atoms with Crippen molar-refractivity contribution < 1.29 is 28.6 Å². The van der Waals surface area contributed by atoms with Crippen LogP contribution in [-0.4, -0.2) is 50.8 Å². The minimum absolute atomic E-state index is 0.0690. The lowest BCUT2D eigenvalue weighted by atomic mass is 9.63. The van der Waals surface area contributed by atoms with Crippen molar-refractivity contribution in [2.75, 3.05) is 32.2 Å². The van der Waals surface area contributed by atoms with Crippen LogP contribution in [0.25, 0.3) is 10.4 Å². The summed E-state index contributed by atoms with van der Waals surface area (Å²) in [5.74, 6) is -1.11. The summed E-state index contributed by atoms with van der Waals surface area (Å²) in [4.78, 5) is 37.4. The Morgan fingerprint density at radius 3 is 2.46 bits per heavy atom. The molecule has 3 rings (SSSR count). The number of carbonyl (C=O) groups excluding carboxylic acids is 3. The maximum absolute atomic E-state index is 12.6. The van der Waals surface area contributed by atoms with Crippen LogP contribution in [0.15, 0.2) is 28.7 Å². The van der Waals surface area contributed by atoms with Gasteiger partial charge in [0.05, 0.1) is 29.5 Å². The summed E-state index contributed by atoms with van der Waals surface area (Å²) in [7, 11) is 1.30. The van der Waals surface area contributed by atoms with E-state index in [1.165, 1.54) is 24.9 Å². The van der Waals surface area contributed by atoms with Gasteiger partial charge in [-0.3, -0.25) is 9.59 Å². The molecule has 1 aromatic heterocycles. The van der Waals surface area contributed by atoms with Crippen molar-refractivity contribution in [2.24, 2.45) is 10.8 Å². The average molecular weight is 624 g/mol. The molecule has 1 saturated carbocycles. The van der Waals surface area contributed by atoms with Gasteiger partial charge in [-0.1, -0.05) is 39.8 Å². The fraction of sp³-hybridized carbons (Fsp3) is 0.552. The van der Waals surface area contributed by atoms with Gasteiger partial charge in [-0.2, -0.15) is 0 Å². The Bertz CT molecular complexity index is 1180. The number of benzene rings is 1. The van der Waals surface area contributed by atoms with Crippen LogP contribution in [0.3, 0.4) is 0 Å². The monoisotopic (exact) mass is 622 g/mol. The van der Waals surface area contributed by atoms with Crippen LogP contribution in [0.2, 0.25) is 0 Å². The fourth-order valence-corrected chi connectivity index (χ4v) is 7.56. The predicted molar refractivity (Wildman–Crippen MR) is 157 cm³/mol. The van der Waals surface area contributed by atoms with Gasteiger partial charge < -0.3 is 24.8 Å². The molecule has 2 aromatic rings. The highest BCUT2D eigenvalue weighted by Gasteiger charge is 2.38. The van der Waals surface area contributed by atoms with Crippen LogP contribution < -0.4 is 15.4 Å². The highest BCUT2D eigenvalue weighted by atomic mass is 79.9. The van der Waals surface area contributed by atoms with Crippen LogP contribution >= 0.6 is 27.3 Å². The van der Waals surface area contributed by atoms with Gasteiger partial charge >= 0.3 is 11.9 Å². The molecule has 1 aliphatic carbocycles. The summed E-state index contributed by atoms with van der Waals surface area (Å²) in [6.45, 7) is 11.2. The molecular formula is C29H39BrN2O6S. The number of thiophene rings is 1. The number of amides is 1. The van der Waals surface area contributed by atoms with Gasteiger partial charge in [-0.25, -0.2) is 4.79 Å². The normalized spacial score (nSPS) is 16.3. The summed E-state index contributed by atoms with van der Waals surface area (Å²) < 4.78 is 16.2. The Hall–Kier alpha value is -2.59. The number of ether oxygens (including phenoxy) is 3. The third-order valence-corrected chi connectivity index (χ3v) is 8.75. The number of rotatable bonds is 11. The molecule has 2 N–H and O–H groups in total. The molecule has 0 saturated heterocycles. The number of esters is 2. The summed E-state index contributed by atoms with van der Waals surface area (Å²) >= 11 is 4.83. The van der Waals surface area contributed by atoms with Crippen molar-refractivity contribution in [3.05, 3.63) is 33.6 Å². The quantitative estimate of drug-likeness (QED) is 0.278. The lowest BCUT2D eigenvalue weighted by Crippen LogP contribution is -2.40. The zero-order valence-electron chi connectivity index (χ0n) is 23.6. The van der Waals surface area contributed by atoms with E-state index in [0.717, 1.165) is 29.0 Å². The van der Waals surface area contributed by atoms with Gasteiger partial charge in [0.25, 0.3) is 5.91 Å². The number of hydrogen-bond donors (Lipinski definition) is 2. The van der Waals surface area contributed by atoms with E-state index in [0.29, 0.717) is 10.5 Å². The van der Waals surface area contributed by atoms with Crippen molar-refractivity contribution in [3.63, 3.8) is 0 Å². The maximum atomic E-state index is 12.6. The van der Waals surface area contributed by atoms with Gasteiger partial charge in [0.15, 0.2) is 17.2 Å². The first kappa shape index (κ1) is 30.9. The second-order valence-corrected chi connectivity index (χ2v) is 13.2. The second kappa shape index (κ2) is 13.2. The van der Waals surface area contributed by atoms with E-state index in [4.69, 9.17) is 14.2 Å². The molecular weight excluding hydrogens is 584 g/mol. The van der Waals surface area contributed by atoms with Gasteiger partial charge in [0.1, 0.15) is 0 Å². The molecule has 1 amide bonds. The van der Waals surface area contributed by atoms with Gasteiger partial charge in [-0.15, -0.1) is 11.3 Å². The Kier molecular flexibility index (Phi) is 10.5. The molecule has 1 heterocycles. The van der Waals surface area contributed by atoms with Crippen LogP contribution in [0.1, 0.15) is 70.0 Å². The first-order chi connectivity index (χ1) is 18.3. The average Bonchev–Trinajstić information content (AvgIpc) is 3.16. The van der Waals surface area contributed by atoms with Crippen LogP contribution in [0, 0.1) is 10.8 Å². The summed E-state index contributed by atoms with van der Waals surface area (Å²) in [5.41, 5.74) is 2.45. The fourth-order valence-electron chi connectivity index (χ4n) is 5.60. The van der Waals surface area contributed by atoms with Crippen molar-refractivity contribution in [2.45, 2.75) is 66.3 Å². The molecule has 0 bridgehead atoms. The van der Waals surface area contributed by atoms with Crippen molar-refractivity contribution in [1.29, 1.82) is 0 Å². The topological polar surface area (TPSA) is 103 Å². The molecule has 39 heavy (non-hydrogen) atoms. The lowest BCUT2D eigenvalue weighted by Gasteiger charge is -2.45. The molecule has 0 spiro atoms. The van der Waals surface area contributed by atoms with E-state index in [1.807, 2.05) is 12.1 Å².